The first-order chi connectivity index (χ1) is 11.5. The second-order valence-electron chi connectivity index (χ2n) is 6.10. The van der Waals surface area contributed by atoms with Crippen LogP contribution in [0.4, 0.5) is 11.4 Å². The molecule has 6 nitrogen and oxygen atoms in total. The molecule has 1 aliphatic rings. The predicted molar refractivity (Wildman–Crippen MR) is 96.7 cm³/mol. The minimum Gasteiger partial charge on any atom is -0.367 e. The molecule has 3 rings (SSSR count). The predicted octanol–water partition coefficient (Wildman–Crippen LogP) is 2.49. The maximum absolute atomic E-state index is 12.6. The van der Waals surface area contributed by atoms with E-state index in [0.29, 0.717) is 5.02 Å². The second kappa shape index (κ2) is 7.23. The van der Waals surface area contributed by atoms with Crippen molar-refractivity contribution in [1.82, 2.24) is 14.7 Å². The molecule has 0 radical (unpaired) electrons. The Balaban J connectivity index is 1.79. The molecule has 1 amide bonds. The van der Waals surface area contributed by atoms with Gasteiger partial charge in [-0.15, -0.1) is 0 Å². The highest BCUT2D eigenvalue weighted by molar-refractivity contribution is 6.31. The summed E-state index contributed by atoms with van der Waals surface area (Å²) in [7, 11) is 2.12. The lowest BCUT2D eigenvalue weighted by atomic mass is 10.2. The van der Waals surface area contributed by atoms with Crippen molar-refractivity contribution in [3.05, 3.63) is 41.7 Å². The van der Waals surface area contributed by atoms with Crippen LogP contribution in [-0.4, -0.2) is 53.8 Å². The zero-order chi connectivity index (χ0) is 17.1. The summed E-state index contributed by atoms with van der Waals surface area (Å²) in [6.45, 7) is 5.67. The first kappa shape index (κ1) is 16.8. The molecule has 1 fully saturated rings. The largest absolute Gasteiger partial charge is 0.367 e. The normalized spacial score (nSPS) is 16.9. The number of anilines is 2. The number of amides is 1. The highest BCUT2D eigenvalue weighted by Gasteiger charge is 2.21. The maximum atomic E-state index is 12.6. The fraction of sp³-hybridized carbons (Fsp3) is 0.412. The smallest absolute Gasteiger partial charge is 0.249 e. The van der Waals surface area contributed by atoms with Crippen LogP contribution in [0.5, 0.6) is 0 Å². The molecular formula is C17H22ClN5O. The highest BCUT2D eigenvalue weighted by atomic mass is 35.5. The van der Waals surface area contributed by atoms with Crippen LogP contribution in [-0.2, 0) is 4.79 Å². The standard InChI is InChI=1S/C17H22ClN5O/c1-13(23-7-3-6-19-23)17(24)20-15-12-14(18)4-5-16(15)22-10-8-21(2)9-11-22/h3-7,12-13H,8-11H2,1-2H3,(H,20,24). The van der Waals surface area contributed by atoms with Gasteiger partial charge in [-0.25, -0.2) is 0 Å². The molecule has 1 aromatic carbocycles. The second-order valence-corrected chi connectivity index (χ2v) is 6.54. The van der Waals surface area contributed by atoms with Gasteiger partial charge >= 0.3 is 0 Å². The molecule has 0 spiro atoms. The van der Waals surface area contributed by atoms with Crippen LogP contribution in [0.1, 0.15) is 13.0 Å². The summed E-state index contributed by atoms with van der Waals surface area (Å²) in [5.74, 6) is -0.114. The molecule has 1 aliphatic heterocycles. The molecule has 1 unspecified atom stereocenters. The molecular weight excluding hydrogens is 326 g/mol. The quantitative estimate of drug-likeness (QED) is 0.923. The van der Waals surface area contributed by atoms with Gasteiger partial charge in [0.25, 0.3) is 0 Å². The zero-order valence-electron chi connectivity index (χ0n) is 13.9. The van der Waals surface area contributed by atoms with Crippen LogP contribution in [0.2, 0.25) is 5.02 Å². The van der Waals surface area contributed by atoms with Gasteiger partial charge in [0, 0.05) is 43.6 Å². The first-order valence-corrected chi connectivity index (χ1v) is 8.45. The van der Waals surface area contributed by atoms with Gasteiger partial charge in [-0.3, -0.25) is 9.48 Å². The Morgan fingerprint density at radius 1 is 1.29 bits per heavy atom. The molecule has 0 aliphatic carbocycles. The Hall–Kier alpha value is -2.05. The van der Waals surface area contributed by atoms with Gasteiger partial charge in [-0.2, -0.15) is 5.10 Å². The Kier molecular flexibility index (Phi) is 5.06. The minimum absolute atomic E-state index is 0.114. The van der Waals surface area contributed by atoms with Gasteiger partial charge in [-0.05, 0) is 38.2 Å². The summed E-state index contributed by atoms with van der Waals surface area (Å²) in [4.78, 5) is 17.1. The number of benzene rings is 1. The Morgan fingerprint density at radius 2 is 2.04 bits per heavy atom. The summed E-state index contributed by atoms with van der Waals surface area (Å²) in [6.07, 6.45) is 3.45. The number of carbonyl (C=O) groups is 1. The molecule has 0 saturated carbocycles. The SMILES string of the molecule is CC(C(=O)Nc1cc(Cl)ccc1N1CCN(C)CC1)n1cccn1. The van der Waals surface area contributed by atoms with Crippen LogP contribution in [0.15, 0.2) is 36.7 Å². The van der Waals surface area contributed by atoms with E-state index in [1.165, 1.54) is 0 Å². The number of carbonyl (C=O) groups excluding carboxylic acids is 1. The number of hydrogen-bond acceptors (Lipinski definition) is 4. The van der Waals surface area contributed by atoms with Gasteiger partial charge in [0.2, 0.25) is 5.91 Å². The van der Waals surface area contributed by atoms with Crippen LogP contribution in [0.3, 0.4) is 0 Å². The molecule has 1 aromatic heterocycles. The van der Waals surface area contributed by atoms with E-state index in [-0.39, 0.29) is 11.9 Å². The lowest BCUT2D eigenvalue weighted by Crippen LogP contribution is -2.44. The Bertz CT molecular complexity index is 695. The lowest BCUT2D eigenvalue weighted by molar-refractivity contribution is -0.119. The van der Waals surface area contributed by atoms with Crippen LogP contribution >= 0.6 is 11.6 Å². The van der Waals surface area contributed by atoms with Gasteiger partial charge in [0.1, 0.15) is 6.04 Å². The minimum atomic E-state index is -0.390. The van der Waals surface area contributed by atoms with Crippen LogP contribution in [0.25, 0.3) is 0 Å². The van der Waals surface area contributed by atoms with Crippen LogP contribution < -0.4 is 10.2 Å². The van der Waals surface area contributed by atoms with E-state index in [9.17, 15) is 4.79 Å². The van der Waals surface area contributed by atoms with E-state index in [2.05, 4.69) is 27.3 Å². The summed E-state index contributed by atoms with van der Waals surface area (Å²) in [5.41, 5.74) is 1.75. The molecule has 1 saturated heterocycles. The van der Waals surface area contributed by atoms with Crippen molar-refractivity contribution in [3.8, 4) is 0 Å². The van der Waals surface area contributed by atoms with E-state index in [1.54, 1.807) is 23.1 Å². The van der Waals surface area contributed by atoms with Crippen molar-refractivity contribution >= 4 is 28.9 Å². The summed E-state index contributed by atoms with van der Waals surface area (Å²) in [5, 5.41) is 7.75. The molecule has 1 atom stereocenters. The summed E-state index contributed by atoms with van der Waals surface area (Å²) < 4.78 is 1.63. The maximum Gasteiger partial charge on any atom is 0.249 e. The van der Waals surface area contributed by atoms with Gasteiger partial charge in [0.05, 0.1) is 11.4 Å². The number of halogens is 1. The number of aromatic nitrogens is 2. The number of nitrogens with one attached hydrogen (secondary N) is 1. The monoisotopic (exact) mass is 347 g/mol. The molecule has 0 bridgehead atoms. The third-order valence-corrected chi connectivity index (χ3v) is 4.60. The van der Waals surface area contributed by atoms with Crippen molar-refractivity contribution in [2.24, 2.45) is 0 Å². The van der Waals surface area contributed by atoms with Crippen molar-refractivity contribution in [1.29, 1.82) is 0 Å². The Morgan fingerprint density at radius 3 is 2.71 bits per heavy atom. The third-order valence-electron chi connectivity index (χ3n) is 4.36. The summed E-state index contributed by atoms with van der Waals surface area (Å²) in [6, 6.07) is 7.06. The average molecular weight is 348 g/mol. The fourth-order valence-electron chi connectivity index (χ4n) is 2.80. The molecule has 24 heavy (non-hydrogen) atoms. The number of nitrogens with zero attached hydrogens (tertiary/aromatic N) is 4. The number of rotatable bonds is 4. The molecule has 2 heterocycles. The number of piperazine rings is 1. The van der Waals surface area contributed by atoms with E-state index in [1.807, 2.05) is 25.1 Å². The number of hydrogen-bond donors (Lipinski definition) is 1. The topological polar surface area (TPSA) is 53.4 Å². The molecule has 2 aromatic rings. The highest BCUT2D eigenvalue weighted by Crippen LogP contribution is 2.30. The lowest BCUT2D eigenvalue weighted by Gasteiger charge is -2.35. The number of likely N-dealkylation sites (N-methyl/N-ethyl adjacent to an activating group) is 1. The van der Waals surface area contributed by atoms with Gasteiger partial charge in [0.15, 0.2) is 0 Å². The third kappa shape index (κ3) is 3.71. The van der Waals surface area contributed by atoms with E-state index >= 15 is 0 Å². The average Bonchev–Trinajstić information content (AvgIpc) is 3.10. The molecule has 7 heteroatoms. The van der Waals surface area contributed by atoms with Crippen molar-refractivity contribution in [2.75, 3.05) is 43.4 Å². The van der Waals surface area contributed by atoms with Crippen molar-refractivity contribution in [2.45, 2.75) is 13.0 Å². The van der Waals surface area contributed by atoms with E-state index in [0.717, 1.165) is 37.6 Å². The van der Waals surface area contributed by atoms with Crippen LogP contribution in [0, 0.1) is 0 Å². The zero-order valence-corrected chi connectivity index (χ0v) is 14.7. The van der Waals surface area contributed by atoms with Crippen molar-refractivity contribution in [3.63, 3.8) is 0 Å². The van der Waals surface area contributed by atoms with E-state index in [4.69, 9.17) is 11.6 Å². The first-order valence-electron chi connectivity index (χ1n) is 8.07. The van der Waals surface area contributed by atoms with Gasteiger partial charge < -0.3 is 15.1 Å². The molecule has 1 N–H and O–H groups in total. The van der Waals surface area contributed by atoms with Crippen molar-refractivity contribution < 1.29 is 4.79 Å². The van der Waals surface area contributed by atoms with Gasteiger partial charge in [-0.1, -0.05) is 11.6 Å². The summed E-state index contributed by atoms with van der Waals surface area (Å²) >= 11 is 6.15. The molecule has 128 valence electrons. The van der Waals surface area contributed by atoms with E-state index < -0.39 is 0 Å². The fourth-order valence-corrected chi connectivity index (χ4v) is 2.97. The Labute approximate surface area is 147 Å².